The van der Waals surface area contributed by atoms with Crippen LogP contribution in [0.3, 0.4) is 0 Å². The van der Waals surface area contributed by atoms with Crippen LogP contribution in [0.1, 0.15) is 83.2 Å². The second-order valence-electron chi connectivity index (χ2n) is 14.3. The van der Waals surface area contributed by atoms with Crippen molar-refractivity contribution >= 4 is 11.8 Å². The maximum absolute atomic E-state index is 3.53. The van der Waals surface area contributed by atoms with Crippen molar-refractivity contribution in [1.29, 1.82) is 0 Å². The minimum absolute atomic E-state index is 0. The predicted molar refractivity (Wildman–Crippen MR) is 176 cm³/mol. The molecule has 0 aromatic heterocycles. The summed E-state index contributed by atoms with van der Waals surface area (Å²) in [5.41, 5.74) is 11.5. The summed E-state index contributed by atoms with van der Waals surface area (Å²) in [5, 5.41) is 1.60. The monoisotopic (exact) mass is 692 g/mol. The standard InChI is InChI=1S/C21H25.C10H17Si.C7H6.2ClH.Zr/c1-20(2,3)16-9-7-14-11-15-8-10-17(21(4,5)6)13-19(15)18(14)12-16;1-8-6-9(2)10(7-8)11(3,4)5;1-7-5-3-2-4-6-7;;;/h7,9-10,12-13H,11H2,1-6H3;7-8H,1-5H3;1-6H;2*1H;/q2*-1;;;;+2/p-2. The first-order chi connectivity index (χ1) is 18.5. The van der Waals surface area contributed by atoms with Crippen LogP contribution in [0.5, 0.6) is 0 Å². The molecule has 0 amide bonds. The fourth-order valence-electron chi connectivity index (χ4n) is 5.18. The Hall–Kier alpha value is -1.31. The average Bonchev–Trinajstić information content (AvgIpc) is 3.42. The van der Waals surface area contributed by atoms with Crippen molar-refractivity contribution in [3.8, 4) is 11.1 Å². The van der Waals surface area contributed by atoms with Crippen molar-refractivity contribution in [2.45, 2.75) is 92.3 Å². The number of allylic oxidation sites excluding steroid dienone is 4. The van der Waals surface area contributed by atoms with Crippen LogP contribution in [0.4, 0.5) is 0 Å². The summed E-state index contributed by atoms with van der Waals surface area (Å²) in [6, 6.07) is 25.4. The Kier molecular flexibility index (Phi) is 14.4. The molecular formula is C38H48Cl2SiZr-2. The summed E-state index contributed by atoms with van der Waals surface area (Å²) in [6.07, 6.45) is 6.84. The van der Waals surface area contributed by atoms with E-state index >= 15 is 0 Å². The Bertz CT molecular complexity index is 1340. The zero-order valence-electron chi connectivity index (χ0n) is 27.5. The van der Waals surface area contributed by atoms with Gasteiger partial charge in [-0.15, -0.1) is 5.56 Å². The molecule has 3 aromatic carbocycles. The molecule has 0 spiro atoms. The van der Waals surface area contributed by atoms with Gasteiger partial charge in [-0.2, -0.15) is 35.4 Å². The topological polar surface area (TPSA) is 0 Å². The first-order valence-corrected chi connectivity index (χ1v) is 19.5. The second-order valence-corrected chi connectivity index (χ2v) is 20.0. The van der Waals surface area contributed by atoms with Crippen LogP contribution in [0.2, 0.25) is 19.6 Å². The normalized spacial score (nSPS) is 15.2. The van der Waals surface area contributed by atoms with Crippen LogP contribution in [0, 0.1) is 18.1 Å². The van der Waals surface area contributed by atoms with E-state index in [1.807, 2.05) is 6.07 Å². The Labute approximate surface area is 285 Å². The molecule has 0 nitrogen and oxygen atoms in total. The van der Waals surface area contributed by atoms with E-state index in [2.05, 4.69) is 152 Å². The Morgan fingerprint density at radius 2 is 1.40 bits per heavy atom. The minimum atomic E-state index is -1.07. The van der Waals surface area contributed by atoms with Crippen molar-refractivity contribution < 1.29 is 49.0 Å². The van der Waals surface area contributed by atoms with E-state index in [9.17, 15) is 0 Å². The zero-order valence-corrected chi connectivity index (χ0v) is 32.4. The molecule has 42 heavy (non-hydrogen) atoms. The molecule has 0 heterocycles. The number of rotatable bonds is 2. The van der Waals surface area contributed by atoms with Crippen molar-refractivity contribution in [3.63, 3.8) is 0 Å². The van der Waals surface area contributed by atoms with Gasteiger partial charge >= 0.3 is 63.8 Å². The van der Waals surface area contributed by atoms with E-state index in [1.165, 1.54) is 68.8 Å². The number of fused-ring (bicyclic) bond motifs is 3. The van der Waals surface area contributed by atoms with Crippen LogP contribution < -0.4 is 24.8 Å². The van der Waals surface area contributed by atoms with Crippen molar-refractivity contribution in [2.75, 3.05) is 0 Å². The molecule has 1 unspecified atom stereocenters. The van der Waals surface area contributed by atoms with E-state index in [1.54, 1.807) is 5.20 Å². The summed E-state index contributed by atoms with van der Waals surface area (Å²) in [7, 11) is -1.07. The molecule has 0 fully saturated rings. The second kappa shape index (κ2) is 15.6. The van der Waals surface area contributed by atoms with Gasteiger partial charge in [0.1, 0.15) is 0 Å². The zero-order chi connectivity index (χ0) is 29.9. The van der Waals surface area contributed by atoms with Crippen molar-refractivity contribution in [3.05, 3.63) is 117 Å². The van der Waals surface area contributed by atoms with Crippen molar-refractivity contribution in [2.24, 2.45) is 5.92 Å². The van der Waals surface area contributed by atoms with Gasteiger partial charge in [-0.05, 0) is 25.5 Å². The molecule has 0 saturated heterocycles. The predicted octanol–water partition coefficient (Wildman–Crippen LogP) is 4.23. The van der Waals surface area contributed by atoms with Crippen LogP contribution in [0.15, 0.2) is 77.5 Å². The van der Waals surface area contributed by atoms with E-state index in [0.29, 0.717) is 5.92 Å². The van der Waals surface area contributed by atoms with E-state index in [0.717, 1.165) is 6.42 Å². The van der Waals surface area contributed by atoms with Gasteiger partial charge in [-0.25, -0.2) is 10.8 Å². The Morgan fingerprint density at radius 3 is 1.83 bits per heavy atom. The quantitative estimate of drug-likeness (QED) is 0.218. The molecule has 5 rings (SSSR count). The van der Waals surface area contributed by atoms with Crippen LogP contribution in [-0.4, -0.2) is 11.8 Å². The molecule has 3 aromatic rings. The molecule has 1 atom stereocenters. The van der Waals surface area contributed by atoms with E-state index < -0.39 is 8.07 Å². The summed E-state index contributed by atoms with van der Waals surface area (Å²) < 4.78 is 2.17. The van der Waals surface area contributed by atoms with E-state index in [4.69, 9.17) is 0 Å². The SMILES string of the molecule is CC(C)(C)c1c[c-]c2c(c1)-c1cc(C(C)(C)C)ccc1C2.CC1=[C-]C(C)C=C1[Si](C)(C)C.[Cl-].[Cl-].[Zr+2]=[CH]c1ccccc1. The molecular weight excluding hydrogens is 647 g/mol. The third-order valence-corrected chi connectivity index (χ3v) is 10.5. The Morgan fingerprint density at radius 1 is 0.833 bits per heavy atom. The number of hydrogen-bond donors (Lipinski definition) is 0. The van der Waals surface area contributed by atoms with Gasteiger partial charge in [0.25, 0.3) is 0 Å². The first-order valence-electron chi connectivity index (χ1n) is 14.6. The van der Waals surface area contributed by atoms with Crippen LogP contribution in [-0.2, 0) is 41.5 Å². The van der Waals surface area contributed by atoms with Gasteiger partial charge in [0.05, 0.1) is 0 Å². The fraction of sp³-hybridized carbons (Fsp3) is 0.395. The fourth-order valence-corrected chi connectivity index (χ4v) is 7.60. The third-order valence-electron chi connectivity index (χ3n) is 7.57. The van der Waals surface area contributed by atoms with Gasteiger partial charge in [-0.1, -0.05) is 116 Å². The number of hydrogen-bond acceptors (Lipinski definition) is 0. The molecule has 0 aliphatic heterocycles. The molecule has 0 radical (unpaired) electrons. The van der Waals surface area contributed by atoms with Crippen LogP contribution in [0.25, 0.3) is 11.1 Å². The molecule has 0 N–H and O–H groups in total. The number of halogens is 2. The van der Waals surface area contributed by atoms with Crippen molar-refractivity contribution in [1.82, 2.24) is 0 Å². The molecule has 224 valence electrons. The summed E-state index contributed by atoms with van der Waals surface area (Å²) in [4.78, 5) is 0. The van der Waals surface area contributed by atoms with Gasteiger partial charge in [-0.3, -0.25) is 6.08 Å². The van der Waals surface area contributed by atoms with Gasteiger partial charge in [0, 0.05) is 0 Å². The Balaban J connectivity index is 0.000000354. The van der Waals surface area contributed by atoms with Gasteiger partial charge in [0.15, 0.2) is 0 Å². The summed E-state index contributed by atoms with van der Waals surface area (Å²) in [6.45, 7) is 25.2. The van der Waals surface area contributed by atoms with E-state index in [-0.39, 0.29) is 35.6 Å². The first kappa shape index (κ1) is 38.7. The number of benzene rings is 3. The average molecular weight is 695 g/mol. The third kappa shape index (κ3) is 10.4. The molecule has 2 aliphatic rings. The molecule has 4 heteroatoms. The molecule has 0 bridgehead atoms. The molecule has 2 aliphatic carbocycles. The molecule has 0 saturated carbocycles. The maximum atomic E-state index is 3.53. The summed E-state index contributed by atoms with van der Waals surface area (Å²) >= 11 is 1.46. The summed E-state index contributed by atoms with van der Waals surface area (Å²) in [5.74, 6) is 0.553. The van der Waals surface area contributed by atoms with Gasteiger partial charge < -0.3 is 24.8 Å². The van der Waals surface area contributed by atoms with Crippen LogP contribution >= 0.6 is 0 Å². The van der Waals surface area contributed by atoms with Gasteiger partial charge in [0.2, 0.25) is 0 Å².